The largest absolute Gasteiger partial charge is 0.465 e. The molecule has 138 valence electrons. The number of rotatable bonds is 6. The molecule has 0 aliphatic carbocycles. The van der Waals surface area contributed by atoms with Gasteiger partial charge in [0.15, 0.2) is 0 Å². The first-order valence-electron chi connectivity index (χ1n) is 9.53. The standard InChI is InChI=1S/C18H33N3O3/c1-2-14-6-10-20(11-7-14)17(22)16(19)5-3-4-15-8-12-21(13-9-15)18(23)24/h14-16H,2-13,19H2,1H3,(H,23,24). The van der Waals surface area contributed by atoms with Crippen LogP contribution in [0.5, 0.6) is 0 Å². The Morgan fingerprint density at radius 3 is 2.12 bits per heavy atom. The summed E-state index contributed by atoms with van der Waals surface area (Å²) >= 11 is 0. The van der Waals surface area contributed by atoms with E-state index in [1.54, 1.807) is 0 Å². The fraction of sp³-hybridized carbons (Fsp3) is 0.889. The number of piperidine rings is 2. The molecule has 2 amide bonds. The van der Waals surface area contributed by atoms with Gasteiger partial charge in [-0.05, 0) is 43.9 Å². The van der Waals surface area contributed by atoms with E-state index in [9.17, 15) is 9.59 Å². The zero-order valence-electron chi connectivity index (χ0n) is 15.0. The first-order chi connectivity index (χ1) is 11.5. The van der Waals surface area contributed by atoms with Crippen molar-refractivity contribution < 1.29 is 14.7 Å². The summed E-state index contributed by atoms with van der Waals surface area (Å²) in [5.41, 5.74) is 6.12. The van der Waals surface area contributed by atoms with Crippen LogP contribution in [0.25, 0.3) is 0 Å². The number of hydrogen-bond donors (Lipinski definition) is 2. The van der Waals surface area contributed by atoms with E-state index in [1.165, 1.54) is 11.3 Å². The molecule has 0 aromatic heterocycles. The predicted octanol–water partition coefficient (Wildman–Crippen LogP) is 2.52. The first-order valence-corrected chi connectivity index (χ1v) is 9.53. The Kier molecular flexibility index (Phi) is 7.34. The lowest BCUT2D eigenvalue weighted by Gasteiger charge is -2.33. The minimum atomic E-state index is -0.812. The molecule has 24 heavy (non-hydrogen) atoms. The molecule has 0 aromatic rings. The maximum Gasteiger partial charge on any atom is 0.407 e. The van der Waals surface area contributed by atoms with E-state index in [1.807, 2.05) is 4.90 Å². The summed E-state index contributed by atoms with van der Waals surface area (Å²) in [6.45, 7) is 5.21. The maximum absolute atomic E-state index is 12.4. The molecule has 2 rings (SSSR count). The van der Waals surface area contributed by atoms with Crippen LogP contribution in [-0.2, 0) is 4.79 Å². The summed E-state index contributed by atoms with van der Waals surface area (Å²) in [6, 6.07) is -0.373. The van der Waals surface area contributed by atoms with Crippen LogP contribution in [0.1, 0.15) is 58.3 Å². The van der Waals surface area contributed by atoms with Crippen molar-refractivity contribution in [2.45, 2.75) is 64.3 Å². The molecule has 2 heterocycles. The van der Waals surface area contributed by atoms with Crippen LogP contribution in [0.2, 0.25) is 0 Å². The van der Waals surface area contributed by atoms with E-state index < -0.39 is 6.09 Å². The lowest BCUT2D eigenvalue weighted by molar-refractivity contribution is -0.134. The average molecular weight is 339 g/mol. The monoisotopic (exact) mass is 339 g/mol. The topological polar surface area (TPSA) is 86.9 Å². The van der Waals surface area contributed by atoms with E-state index in [-0.39, 0.29) is 11.9 Å². The van der Waals surface area contributed by atoms with Crippen LogP contribution in [0.3, 0.4) is 0 Å². The van der Waals surface area contributed by atoms with Crippen molar-refractivity contribution in [2.75, 3.05) is 26.2 Å². The smallest absolute Gasteiger partial charge is 0.407 e. The molecular weight excluding hydrogens is 306 g/mol. The summed E-state index contributed by atoms with van der Waals surface area (Å²) < 4.78 is 0. The quantitative estimate of drug-likeness (QED) is 0.778. The van der Waals surface area contributed by atoms with E-state index in [4.69, 9.17) is 10.8 Å². The van der Waals surface area contributed by atoms with Gasteiger partial charge in [-0.2, -0.15) is 0 Å². The Balaban J connectivity index is 1.62. The highest BCUT2D eigenvalue weighted by molar-refractivity contribution is 5.81. The van der Waals surface area contributed by atoms with Crippen molar-refractivity contribution in [3.8, 4) is 0 Å². The molecule has 0 radical (unpaired) electrons. The van der Waals surface area contributed by atoms with Crippen LogP contribution in [0.4, 0.5) is 4.79 Å². The molecule has 0 aromatic carbocycles. The van der Waals surface area contributed by atoms with Crippen molar-refractivity contribution in [1.82, 2.24) is 9.80 Å². The van der Waals surface area contributed by atoms with E-state index in [2.05, 4.69) is 6.92 Å². The lowest BCUT2D eigenvalue weighted by Crippen LogP contribution is -2.47. The summed E-state index contributed by atoms with van der Waals surface area (Å²) in [7, 11) is 0. The van der Waals surface area contributed by atoms with Gasteiger partial charge in [0.25, 0.3) is 0 Å². The van der Waals surface area contributed by atoms with Gasteiger partial charge in [0.1, 0.15) is 0 Å². The van der Waals surface area contributed by atoms with E-state index in [0.29, 0.717) is 19.0 Å². The minimum absolute atomic E-state index is 0.116. The number of carbonyl (C=O) groups is 2. The van der Waals surface area contributed by atoms with Gasteiger partial charge in [0.05, 0.1) is 6.04 Å². The molecule has 0 spiro atoms. The SMILES string of the molecule is CCC1CCN(C(=O)C(N)CCCC2CCN(C(=O)O)CC2)CC1. The molecule has 2 aliphatic rings. The number of hydrogen-bond acceptors (Lipinski definition) is 3. The molecule has 2 fully saturated rings. The van der Waals surface area contributed by atoms with Gasteiger partial charge in [0.2, 0.25) is 5.91 Å². The van der Waals surface area contributed by atoms with Crippen molar-refractivity contribution >= 4 is 12.0 Å². The minimum Gasteiger partial charge on any atom is -0.465 e. The molecule has 6 heteroatoms. The van der Waals surface area contributed by atoms with Crippen molar-refractivity contribution in [3.05, 3.63) is 0 Å². The summed E-state index contributed by atoms with van der Waals surface area (Å²) in [5.74, 6) is 1.45. The molecule has 6 nitrogen and oxygen atoms in total. The third kappa shape index (κ3) is 5.36. The van der Waals surface area contributed by atoms with Crippen molar-refractivity contribution in [1.29, 1.82) is 0 Å². The Bertz CT molecular complexity index is 414. The normalized spacial score (nSPS) is 21.8. The number of carboxylic acid groups (broad SMARTS) is 1. The van der Waals surface area contributed by atoms with Crippen LogP contribution in [0.15, 0.2) is 0 Å². The number of nitrogens with zero attached hydrogens (tertiary/aromatic N) is 2. The van der Waals surface area contributed by atoms with Gasteiger partial charge in [-0.1, -0.05) is 26.2 Å². The number of carbonyl (C=O) groups excluding carboxylic acids is 1. The molecule has 0 saturated carbocycles. The second-order valence-corrected chi connectivity index (χ2v) is 7.43. The van der Waals surface area contributed by atoms with Gasteiger partial charge in [0, 0.05) is 26.2 Å². The third-order valence-corrected chi connectivity index (χ3v) is 5.83. The summed E-state index contributed by atoms with van der Waals surface area (Å²) in [6.07, 6.45) is 7.21. The van der Waals surface area contributed by atoms with Crippen molar-refractivity contribution in [3.63, 3.8) is 0 Å². The first kappa shape index (κ1) is 19.0. The highest BCUT2D eigenvalue weighted by atomic mass is 16.4. The Labute approximate surface area is 145 Å². The van der Waals surface area contributed by atoms with Gasteiger partial charge < -0.3 is 20.6 Å². The molecule has 2 aliphatic heterocycles. The van der Waals surface area contributed by atoms with Crippen LogP contribution in [-0.4, -0.2) is 59.1 Å². The number of nitrogens with two attached hydrogens (primary N) is 1. The fourth-order valence-corrected chi connectivity index (χ4v) is 3.96. The van der Waals surface area contributed by atoms with E-state index in [0.717, 1.165) is 64.0 Å². The zero-order chi connectivity index (χ0) is 17.5. The zero-order valence-corrected chi connectivity index (χ0v) is 15.0. The molecule has 1 atom stereocenters. The van der Waals surface area contributed by atoms with Gasteiger partial charge in [-0.3, -0.25) is 4.79 Å². The predicted molar refractivity (Wildman–Crippen MR) is 93.7 cm³/mol. The molecule has 3 N–H and O–H groups in total. The fourth-order valence-electron chi connectivity index (χ4n) is 3.96. The highest BCUT2D eigenvalue weighted by Gasteiger charge is 2.26. The molecule has 1 unspecified atom stereocenters. The molecule has 2 saturated heterocycles. The molecular formula is C18H33N3O3. The second-order valence-electron chi connectivity index (χ2n) is 7.43. The van der Waals surface area contributed by atoms with Crippen molar-refractivity contribution in [2.24, 2.45) is 17.6 Å². The van der Waals surface area contributed by atoms with Gasteiger partial charge in [-0.25, -0.2) is 4.79 Å². The number of likely N-dealkylation sites (tertiary alicyclic amines) is 2. The summed E-state index contributed by atoms with van der Waals surface area (Å²) in [4.78, 5) is 26.8. The number of amides is 2. The van der Waals surface area contributed by atoms with E-state index >= 15 is 0 Å². The van der Waals surface area contributed by atoms with Gasteiger partial charge in [-0.15, -0.1) is 0 Å². The Hall–Kier alpha value is -1.30. The maximum atomic E-state index is 12.4. The van der Waals surface area contributed by atoms with Crippen LogP contribution in [0, 0.1) is 11.8 Å². The van der Waals surface area contributed by atoms with Crippen LogP contribution < -0.4 is 5.73 Å². The lowest BCUT2D eigenvalue weighted by atomic mass is 9.90. The average Bonchev–Trinajstić information content (AvgIpc) is 2.61. The summed E-state index contributed by atoms with van der Waals surface area (Å²) in [5, 5.41) is 8.96. The Morgan fingerprint density at radius 2 is 1.58 bits per heavy atom. The van der Waals surface area contributed by atoms with Gasteiger partial charge >= 0.3 is 6.09 Å². The molecule has 0 bridgehead atoms. The third-order valence-electron chi connectivity index (χ3n) is 5.83. The Morgan fingerprint density at radius 1 is 1.04 bits per heavy atom. The highest BCUT2D eigenvalue weighted by Crippen LogP contribution is 2.24. The van der Waals surface area contributed by atoms with Crippen LogP contribution >= 0.6 is 0 Å². The second kappa shape index (κ2) is 9.25.